The van der Waals surface area contributed by atoms with Crippen molar-refractivity contribution in [2.75, 3.05) is 13.6 Å². The molecular weight excluding hydrogens is 266 g/mol. The number of carbonyl (C=O) groups excluding carboxylic acids is 2. The lowest BCUT2D eigenvalue weighted by Crippen LogP contribution is -2.35. The highest BCUT2D eigenvalue weighted by molar-refractivity contribution is 5.93. The molecule has 0 heterocycles. The molecule has 0 saturated carbocycles. The molecule has 0 aliphatic rings. The Balaban J connectivity index is 2.25. The first-order chi connectivity index (χ1) is 10.2. The van der Waals surface area contributed by atoms with E-state index in [0.717, 1.165) is 18.4 Å². The third-order valence-corrected chi connectivity index (χ3v) is 3.21. The Hall–Kier alpha value is -2.04. The molecule has 0 unspecified atom stereocenters. The lowest BCUT2D eigenvalue weighted by molar-refractivity contribution is 0.0963. The molecule has 0 aliphatic carbocycles. The van der Waals surface area contributed by atoms with Gasteiger partial charge in [0.05, 0.1) is 0 Å². The minimum Gasteiger partial charge on any atom is -0.355 e. The van der Waals surface area contributed by atoms with E-state index in [0.29, 0.717) is 18.7 Å². The van der Waals surface area contributed by atoms with Gasteiger partial charge in [0.25, 0.3) is 5.91 Å². The Bertz CT molecular complexity index is 443. The molecule has 1 aromatic rings. The fourth-order valence-electron chi connectivity index (χ4n) is 1.92. The maximum Gasteiger partial charge on any atom is 0.315 e. The van der Waals surface area contributed by atoms with Crippen LogP contribution in [0.15, 0.2) is 24.3 Å². The summed E-state index contributed by atoms with van der Waals surface area (Å²) in [6, 6.07) is 7.02. The van der Waals surface area contributed by atoms with Crippen LogP contribution in [0.2, 0.25) is 0 Å². The van der Waals surface area contributed by atoms with E-state index >= 15 is 0 Å². The fourth-order valence-corrected chi connectivity index (χ4v) is 1.92. The minimum absolute atomic E-state index is 0.112. The number of rotatable bonds is 8. The topological polar surface area (TPSA) is 70.2 Å². The summed E-state index contributed by atoms with van der Waals surface area (Å²) in [5.74, 6) is -0.112. The van der Waals surface area contributed by atoms with Crippen LogP contribution in [-0.2, 0) is 6.54 Å². The smallest absolute Gasteiger partial charge is 0.315 e. The van der Waals surface area contributed by atoms with Crippen LogP contribution in [0.5, 0.6) is 0 Å². The van der Waals surface area contributed by atoms with Crippen molar-refractivity contribution in [3.8, 4) is 0 Å². The monoisotopic (exact) mass is 291 g/mol. The predicted octanol–water partition coefficient (Wildman–Crippen LogP) is 2.43. The van der Waals surface area contributed by atoms with Gasteiger partial charge in [0, 0.05) is 25.7 Å². The van der Waals surface area contributed by atoms with E-state index in [1.165, 1.54) is 12.8 Å². The highest BCUT2D eigenvalue weighted by Crippen LogP contribution is 2.04. The first kappa shape index (κ1) is 17.0. The molecule has 1 rings (SSSR count). The Morgan fingerprint density at radius 1 is 1.00 bits per heavy atom. The molecule has 3 N–H and O–H groups in total. The molecule has 0 fully saturated rings. The van der Waals surface area contributed by atoms with Crippen molar-refractivity contribution >= 4 is 11.9 Å². The molecule has 0 bridgehead atoms. The summed E-state index contributed by atoms with van der Waals surface area (Å²) in [5, 5.41) is 8.21. The Morgan fingerprint density at radius 2 is 1.71 bits per heavy atom. The van der Waals surface area contributed by atoms with Crippen LogP contribution < -0.4 is 16.0 Å². The first-order valence-corrected chi connectivity index (χ1v) is 7.50. The summed E-state index contributed by atoms with van der Waals surface area (Å²) in [4.78, 5) is 23.0. The number of unbranched alkanes of at least 4 members (excludes halogenated alkanes) is 3. The molecule has 3 amide bonds. The maximum absolute atomic E-state index is 11.6. The molecule has 0 saturated heterocycles. The summed E-state index contributed by atoms with van der Waals surface area (Å²) < 4.78 is 0. The Labute approximate surface area is 126 Å². The molecule has 0 aliphatic heterocycles. The summed E-state index contributed by atoms with van der Waals surface area (Å²) in [5.41, 5.74) is 1.57. The van der Waals surface area contributed by atoms with Crippen LogP contribution in [0.1, 0.15) is 48.5 Å². The van der Waals surface area contributed by atoms with Crippen molar-refractivity contribution in [3.05, 3.63) is 35.4 Å². The lowest BCUT2D eigenvalue weighted by atomic mass is 10.1. The first-order valence-electron chi connectivity index (χ1n) is 7.50. The van der Waals surface area contributed by atoms with Gasteiger partial charge in [-0.1, -0.05) is 38.3 Å². The lowest BCUT2D eigenvalue weighted by Gasteiger charge is -2.08. The highest BCUT2D eigenvalue weighted by atomic mass is 16.2. The number of carbonyl (C=O) groups is 2. The van der Waals surface area contributed by atoms with E-state index in [-0.39, 0.29) is 11.9 Å². The predicted molar refractivity (Wildman–Crippen MR) is 84.2 cm³/mol. The fraction of sp³-hybridized carbons (Fsp3) is 0.500. The van der Waals surface area contributed by atoms with Gasteiger partial charge in [-0.3, -0.25) is 4.79 Å². The van der Waals surface area contributed by atoms with Crippen LogP contribution in [0.25, 0.3) is 0 Å². The SMILES string of the molecule is CCCCCCNC(=O)NCc1ccc(C(=O)NC)cc1. The van der Waals surface area contributed by atoms with Gasteiger partial charge in [0.2, 0.25) is 0 Å². The Morgan fingerprint density at radius 3 is 2.33 bits per heavy atom. The number of hydrogen-bond donors (Lipinski definition) is 3. The van der Waals surface area contributed by atoms with Crippen molar-refractivity contribution < 1.29 is 9.59 Å². The number of amides is 3. The van der Waals surface area contributed by atoms with Gasteiger partial charge in [-0.05, 0) is 24.1 Å². The van der Waals surface area contributed by atoms with Gasteiger partial charge in [-0.2, -0.15) is 0 Å². The summed E-state index contributed by atoms with van der Waals surface area (Å²) >= 11 is 0. The van der Waals surface area contributed by atoms with Gasteiger partial charge >= 0.3 is 6.03 Å². The van der Waals surface area contributed by atoms with Gasteiger partial charge in [-0.15, -0.1) is 0 Å². The van der Waals surface area contributed by atoms with Crippen LogP contribution in [0.3, 0.4) is 0 Å². The normalized spacial score (nSPS) is 10.0. The van der Waals surface area contributed by atoms with Crippen LogP contribution in [0.4, 0.5) is 4.79 Å². The average molecular weight is 291 g/mol. The highest BCUT2D eigenvalue weighted by Gasteiger charge is 2.03. The number of nitrogens with one attached hydrogen (secondary N) is 3. The van der Waals surface area contributed by atoms with Crippen molar-refractivity contribution in [2.45, 2.75) is 39.2 Å². The molecule has 116 valence electrons. The van der Waals surface area contributed by atoms with Crippen molar-refractivity contribution in [3.63, 3.8) is 0 Å². The van der Waals surface area contributed by atoms with Crippen molar-refractivity contribution in [2.24, 2.45) is 0 Å². The van der Waals surface area contributed by atoms with Crippen LogP contribution in [-0.4, -0.2) is 25.5 Å². The summed E-state index contributed by atoms with van der Waals surface area (Å²) in [6.07, 6.45) is 4.57. The minimum atomic E-state index is -0.151. The zero-order valence-corrected chi connectivity index (χ0v) is 12.9. The van der Waals surface area contributed by atoms with Crippen molar-refractivity contribution in [1.29, 1.82) is 0 Å². The van der Waals surface area contributed by atoms with Gasteiger partial charge in [-0.25, -0.2) is 4.79 Å². The van der Waals surface area contributed by atoms with Gasteiger partial charge < -0.3 is 16.0 Å². The molecule has 21 heavy (non-hydrogen) atoms. The average Bonchev–Trinajstić information content (AvgIpc) is 2.52. The number of urea groups is 1. The van der Waals surface area contributed by atoms with E-state index in [4.69, 9.17) is 0 Å². The quantitative estimate of drug-likeness (QED) is 0.644. The zero-order chi connectivity index (χ0) is 15.5. The van der Waals surface area contributed by atoms with E-state index in [1.807, 2.05) is 12.1 Å². The zero-order valence-electron chi connectivity index (χ0n) is 12.9. The maximum atomic E-state index is 11.6. The van der Waals surface area contributed by atoms with E-state index in [1.54, 1.807) is 19.2 Å². The van der Waals surface area contributed by atoms with Crippen LogP contribution >= 0.6 is 0 Å². The molecule has 0 atom stereocenters. The van der Waals surface area contributed by atoms with Crippen molar-refractivity contribution in [1.82, 2.24) is 16.0 Å². The molecule has 0 radical (unpaired) electrons. The van der Waals surface area contributed by atoms with E-state index in [9.17, 15) is 9.59 Å². The molecule has 0 aromatic heterocycles. The summed E-state index contributed by atoms with van der Waals surface area (Å²) in [7, 11) is 1.60. The number of hydrogen-bond acceptors (Lipinski definition) is 2. The van der Waals surface area contributed by atoms with Gasteiger partial charge in [0.1, 0.15) is 0 Å². The Kier molecular flexibility index (Phi) is 7.94. The molecule has 1 aromatic carbocycles. The third kappa shape index (κ3) is 6.79. The second-order valence-corrected chi connectivity index (χ2v) is 4.95. The second kappa shape index (κ2) is 9.80. The molecule has 5 heteroatoms. The van der Waals surface area contributed by atoms with E-state index < -0.39 is 0 Å². The molecule has 5 nitrogen and oxygen atoms in total. The third-order valence-electron chi connectivity index (χ3n) is 3.21. The molecule has 0 spiro atoms. The second-order valence-electron chi connectivity index (χ2n) is 4.95. The largest absolute Gasteiger partial charge is 0.355 e. The standard InChI is InChI=1S/C16H25N3O2/c1-3-4-5-6-11-18-16(21)19-12-13-7-9-14(10-8-13)15(20)17-2/h7-10H,3-6,11-12H2,1-2H3,(H,17,20)(H2,18,19,21). The van der Waals surface area contributed by atoms with Crippen LogP contribution in [0, 0.1) is 0 Å². The number of benzene rings is 1. The molecular formula is C16H25N3O2. The van der Waals surface area contributed by atoms with Gasteiger partial charge in [0.15, 0.2) is 0 Å². The van der Waals surface area contributed by atoms with E-state index in [2.05, 4.69) is 22.9 Å². The summed E-state index contributed by atoms with van der Waals surface area (Å²) in [6.45, 7) is 3.33.